The Morgan fingerprint density at radius 3 is 2.80 bits per heavy atom. The fourth-order valence-corrected chi connectivity index (χ4v) is 3.08. The molecule has 0 aliphatic rings. The Balaban J connectivity index is 1.65. The maximum absolute atomic E-state index is 8.75. The second-order valence-electron chi connectivity index (χ2n) is 4.04. The number of thioether (sulfide) groups is 1. The molecule has 0 amide bonds. The first-order chi connectivity index (χ1) is 9.85. The van der Waals surface area contributed by atoms with Crippen LogP contribution >= 0.6 is 23.1 Å². The van der Waals surface area contributed by atoms with E-state index in [0.29, 0.717) is 5.56 Å². The number of benzene rings is 1. The van der Waals surface area contributed by atoms with Gasteiger partial charge in [-0.3, -0.25) is 5.10 Å². The molecule has 2 aromatic heterocycles. The molecule has 6 heteroatoms. The molecule has 98 valence electrons. The quantitative estimate of drug-likeness (QED) is 0.746. The lowest BCUT2D eigenvalue weighted by atomic mass is 10.2. The van der Waals surface area contributed by atoms with E-state index in [2.05, 4.69) is 21.3 Å². The lowest BCUT2D eigenvalue weighted by Gasteiger charge is -1.98. The molecule has 0 aliphatic carbocycles. The first-order valence-corrected chi connectivity index (χ1v) is 7.80. The number of nitrogens with one attached hydrogen (secondary N) is 1. The zero-order valence-corrected chi connectivity index (χ0v) is 12.0. The molecule has 3 rings (SSSR count). The SMILES string of the molecule is N#Cc1ccc(CSc2n[nH]c(-c3cccs3)n2)cc1. The van der Waals surface area contributed by atoms with Gasteiger partial charge in [-0.05, 0) is 29.1 Å². The fourth-order valence-electron chi connectivity index (χ4n) is 1.66. The van der Waals surface area contributed by atoms with Crippen molar-refractivity contribution in [1.82, 2.24) is 15.2 Å². The number of rotatable bonds is 4. The Hall–Kier alpha value is -2.10. The van der Waals surface area contributed by atoms with E-state index in [1.54, 1.807) is 23.1 Å². The topological polar surface area (TPSA) is 65.4 Å². The van der Waals surface area contributed by atoms with Gasteiger partial charge in [-0.25, -0.2) is 4.98 Å². The maximum atomic E-state index is 8.75. The third-order valence-corrected chi connectivity index (χ3v) is 4.47. The number of thiophene rings is 1. The van der Waals surface area contributed by atoms with Gasteiger partial charge in [-0.2, -0.15) is 5.26 Å². The van der Waals surface area contributed by atoms with Gasteiger partial charge in [0.1, 0.15) is 0 Å². The van der Waals surface area contributed by atoms with Crippen molar-refractivity contribution in [3.8, 4) is 16.8 Å². The Bertz CT molecular complexity index is 723. The van der Waals surface area contributed by atoms with Crippen LogP contribution in [0.4, 0.5) is 0 Å². The second-order valence-corrected chi connectivity index (χ2v) is 5.93. The molecule has 1 aromatic carbocycles. The molecule has 0 bridgehead atoms. The molecule has 3 aromatic rings. The maximum Gasteiger partial charge on any atom is 0.209 e. The van der Waals surface area contributed by atoms with Crippen molar-refractivity contribution < 1.29 is 0 Å². The van der Waals surface area contributed by atoms with E-state index < -0.39 is 0 Å². The molecule has 0 aliphatic heterocycles. The first kappa shape index (κ1) is 12.9. The van der Waals surface area contributed by atoms with Crippen LogP contribution in [0.25, 0.3) is 10.7 Å². The number of hydrogen-bond acceptors (Lipinski definition) is 5. The van der Waals surface area contributed by atoms with Crippen LogP contribution in [0.2, 0.25) is 0 Å². The van der Waals surface area contributed by atoms with Gasteiger partial charge in [0.25, 0.3) is 0 Å². The molecule has 0 fully saturated rings. The van der Waals surface area contributed by atoms with Gasteiger partial charge >= 0.3 is 0 Å². The van der Waals surface area contributed by atoms with E-state index >= 15 is 0 Å². The summed E-state index contributed by atoms with van der Waals surface area (Å²) in [6, 6.07) is 13.7. The zero-order valence-electron chi connectivity index (χ0n) is 10.4. The summed E-state index contributed by atoms with van der Waals surface area (Å²) in [6.45, 7) is 0. The Morgan fingerprint density at radius 2 is 2.10 bits per heavy atom. The van der Waals surface area contributed by atoms with Crippen molar-refractivity contribution in [3.63, 3.8) is 0 Å². The van der Waals surface area contributed by atoms with Crippen molar-refractivity contribution in [1.29, 1.82) is 5.26 Å². The summed E-state index contributed by atoms with van der Waals surface area (Å²) >= 11 is 3.21. The lowest BCUT2D eigenvalue weighted by molar-refractivity contribution is 0.973. The van der Waals surface area contributed by atoms with E-state index in [4.69, 9.17) is 5.26 Å². The number of nitrogens with zero attached hydrogens (tertiary/aromatic N) is 3. The molecular formula is C14H10N4S2. The molecule has 0 spiro atoms. The molecule has 0 saturated carbocycles. The predicted molar refractivity (Wildman–Crippen MR) is 80.4 cm³/mol. The van der Waals surface area contributed by atoms with Crippen molar-refractivity contribution in [2.75, 3.05) is 0 Å². The van der Waals surface area contributed by atoms with Crippen LogP contribution in [-0.2, 0) is 5.75 Å². The lowest BCUT2D eigenvalue weighted by Crippen LogP contribution is -1.83. The summed E-state index contributed by atoms with van der Waals surface area (Å²) < 4.78 is 0. The fraction of sp³-hybridized carbons (Fsp3) is 0.0714. The summed E-state index contributed by atoms with van der Waals surface area (Å²) in [7, 11) is 0. The van der Waals surface area contributed by atoms with Crippen molar-refractivity contribution >= 4 is 23.1 Å². The number of aromatic amines is 1. The minimum Gasteiger partial charge on any atom is -0.257 e. The number of H-pyrrole nitrogens is 1. The third kappa shape index (κ3) is 2.90. The molecule has 20 heavy (non-hydrogen) atoms. The van der Waals surface area contributed by atoms with Crippen molar-refractivity contribution in [3.05, 3.63) is 52.9 Å². The standard InChI is InChI=1S/C14H10N4S2/c15-8-10-3-5-11(6-4-10)9-20-14-16-13(17-18-14)12-2-1-7-19-12/h1-7H,9H2,(H,16,17,18). The minimum absolute atomic E-state index is 0.677. The highest BCUT2D eigenvalue weighted by atomic mass is 32.2. The van der Waals surface area contributed by atoms with Crippen molar-refractivity contribution in [2.45, 2.75) is 10.9 Å². The third-order valence-electron chi connectivity index (χ3n) is 2.67. The second kappa shape index (κ2) is 5.90. The first-order valence-electron chi connectivity index (χ1n) is 5.93. The monoisotopic (exact) mass is 298 g/mol. The largest absolute Gasteiger partial charge is 0.257 e. The molecule has 1 N–H and O–H groups in total. The van der Waals surface area contributed by atoms with Crippen LogP contribution in [0.15, 0.2) is 46.9 Å². The predicted octanol–water partition coefficient (Wildman–Crippen LogP) is 3.70. The smallest absolute Gasteiger partial charge is 0.209 e. The average Bonchev–Trinajstić information content (AvgIpc) is 3.16. The summed E-state index contributed by atoms with van der Waals surface area (Å²) in [4.78, 5) is 5.54. The van der Waals surface area contributed by atoms with E-state index in [1.165, 1.54) is 0 Å². The van der Waals surface area contributed by atoms with Gasteiger partial charge < -0.3 is 0 Å². The van der Waals surface area contributed by atoms with Gasteiger partial charge in [0.05, 0.1) is 16.5 Å². The number of nitriles is 1. The molecular weight excluding hydrogens is 288 g/mol. The van der Waals surface area contributed by atoms with E-state index in [9.17, 15) is 0 Å². The molecule has 0 radical (unpaired) electrons. The van der Waals surface area contributed by atoms with Crippen LogP contribution in [0.3, 0.4) is 0 Å². The molecule has 2 heterocycles. The summed E-state index contributed by atoms with van der Waals surface area (Å²) in [5, 5.41) is 18.7. The van der Waals surface area contributed by atoms with Gasteiger partial charge in [0, 0.05) is 5.75 Å². The van der Waals surface area contributed by atoms with Gasteiger partial charge in [-0.1, -0.05) is 30.0 Å². The van der Waals surface area contributed by atoms with Gasteiger partial charge in [0.2, 0.25) is 5.16 Å². The highest BCUT2D eigenvalue weighted by Crippen LogP contribution is 2.24. The van der Waals surface area contributed by atoms with E-state index in [0.717, 1.165) is 27.2 Å². The summed E-state index contributed by atoms with van der Waals surface area (Å²) in [5.41, 5.74) is 1.83. The molecule has 0 saturated heterocycles. The summed E-state index contributed by atoms with van der Waals surface area (Å²) in [6.07, 6.45) is 0. The van der Waals surface area contributed by atoms with Crippen LogP contribution in [-0.4, -0.2) is 15.2 Å². The average molecular weight is 298 g/mol. The Kier molecular flexibility index (Phi) is 3.81. The van der Waals surface area contributed by atoms with E-state index in [1.807, 2.05) is 41.8 Å². The molecule has 4 nitrogen and oxygen atoms in total. The van der Waals surface area contributed by atoms with Gasteiger partial charge in [0.15, 0.2) is 5.82 Å². The van der Waals surface area contributed by atoms with Crippen LogP contribution in [0, 0.1) is 11.3 Å². The normalized spacial score (nSPS) is 10.3. The van der Waals surface area contributed by atoms with Crippen LogP contribution in [0.5, 0.6) is 0 Å². The minimum atomic E-state index is 0.677. The van der Waals surface area contributed by atoms with Crippen molar-refractivity contribution in [2.24, 2.45) is 0 Å². The number of hydrogen-bond donors (Lipinski definition) is 1. The Morgan fingerprint density at radius 1 is 1.25 bits per heavy atom. The highest BCUT2D eigenvalue weighted by molar-refractivity contribution is 7.98. The number of aromatic nitrogens is 3. The molecule has 0 atom stereocenters. The summed E-state index contributed by atoms with van der Waals surface area (Å²) in [5.74, 6) is 1.59. The van der Waals surface area contributed by atoms with E-state index in [-0.39, 0.29) is 0 Å². The molecule has 0 unspecified atom stereocenters. The van der Waals surface area contributed by atoms with Gasteiger partial charge in [-0.15, -0.1) is 16.4 Å². The van der Waals surface area contributed by atoms with Crippen LogP contribution in [0.1, 0.15) is 11.1 Å². The zero-order chi connectivity index (χ0) is 13.8. The Labute approximate surface area is 124 Å². The highest BCUT2D eigenvalue weighted by Gasteiger charge is 2.07. The van der Waals surface area contributed by atoms with Crippen LogP contribution < -0.4 is 0 Å².